The topological polar surface area (TPSA) is 17.8 Å². The van der Waals surface area contributed by atoms with Crippen LogP contribution in [0.2, 0.25) is 0 Å². The first-order valence-corrected chi connectivity index (χ1v) is 9.10. The van der Waals surface area contributed by atoms with Gasteiger partial charge < -0.3 is 4.57 Å². The normalized spacial score (nSPS) is 11.3. The van der Waals surface area contributed by atoms with Gasteiger partial charge in [0, 0.05) is 23.0 Å². The Balaban J connectivity index is 1.85. The van der Waals surface area contributed by atoms with E-state index in [1.54, 1.807) is 6.08 Å². The quantitative estimate of drug-likeness (QED) is 0.384. The first kappa shape index (κ1) is 17.0. The molecule has 0 unspecified atom stereocenters. The minimum Gasteiger partial charge on any atom is -0.308 e. The van der Waals surface area contributed by atoms with Crippen LogP contribution in [0.1, 0.15) is 16.8 Å². The summed E-state index contributed by atoms with van der Waals surface area (Å²) in [5, 5.41) is 1.22. The van der Waals surface area contributed by atoms with Crippen molar-refractivity contribution in [3.63, 3.8) is 0 Å². The van der Waals surface area contributed by atoms with Gasteiger partial charge in [0.15, 0.2) is 0 Å². The van der Waals surface area contributed by atoms with Gasteiger partial charge in [0.2, 0.25) is 0 Å². The minimum atomic E-state index is 1.11. The van der Waals surface area contributed by atoms with E-state index >= 15 is 0 Å². The zero-order valence-corrected chi connectivity index (χ0v) is 15.7. The lowest BCUT2D eigenvalue weighted by molar-refractivity contribution is 1.09. The molecule has 2 aromatic carbocycles. The molecule has 2 heterocycles. The zero-order chi connectivity index (χ0) is 18.8. The zero-order valence-electron chi connectivity index (χ0n) is 15.7. The smallest absolute Gasteiger partial charge is 0.0720 e. The van der Waals surface area contributed by atoms with Crippen molar-refractivity contribution >= 4 is 17.0 Å². The van der Waals surface area contributed by atoms with Gasteiger partial charge in [0.25, 0.3) is 0 Å². The lowest BCUT2D eigenvalue weighted by Crippen LogP contribution is -1.97. The van der Waals surface area contributed by atoms with Crippen molar-refractivity contribution in [3.8, 4) is 16.8 Å². The number of aryl methyl sites for hydroxylation is 2. The fourth-order valence-corrected chi connectivity index (χ4v) is 3.50. The van der Waals surface area contributed by atoms with Gasteiger partial charge in [-0.05, 0) is 54.8 Å². The van der Waals surface area contributed by atoms with Crippen molar-refractivity contribution in [2.45, 2.75) is 13.8 Å². The molecule has 0 amide bonds. The van der Waals surface area contributed by atoms with Crippen molar-refractivity contribution in [2.24, 2.45) is 0 Å². The number of hydrogen-bond donors (Lipinski definition) is 0. The molecule has 0 aliphatic heterocycles. The maximum Gasteiger partial charge on any atom is 0.0720 e. The van der Waals surface area contributed by atoms with Crippen LogP contribution >= 0.6 is 0 Å². The van der Waals surface area contributed by atoms with E-state index in [0.717, 1.165) is 16.9 Å². The van der Waals surface area contributed by atoms with E-state index in [1.165, 1.54) is 27.6 Å². The number of pyridine rings is 1. The molecule has 0 bridgehead atoms. The molecular weight excluding hydrogens is 328 g/mol. The fourth-order valence-electron chi connectivity index (χ4n) is 3.50. The summed E-state index contributed by atoms with van der Waals surface area (Å²) in [6.45, 7) is 8.07. The molecule has 132 valence electrons. The number of fused-ring (bicyclic) bond motifs is 1. The average Bonchev–Trinajstić information content (AvgIpc) is 2.99. The molecular formula is C25H22N2. The predicted molar refractivity (Wildman–Crippen MR) is 115 cm³/mol. The first-order chi connectivity index (χ1) is 13.2. The Labute approximate surface area is 160 Å². The molecule has 0 saturated heterocycles. The molecule has 27 heavy (non-hydrogen) atoms. The van der Waals surface area contributed by atoms with E-state index in [0.29, 0.717) is 0 Å². The van der Waals surface area contributed by atoms with E-state index in [1.807, 2.05) is 18.5 Å². The van der Waals surface area contributed by atoms with Crippen LogP contribution in [0.5, 0.6) is 0 Å². The lowest BCUT2D eigenvalue weighted by Gasteiger charge is -2.10. The van der Waals surface area contributed by atoms with Crippen LogP contribution in [0.3, 0.4) is 0 Å². The summed E-state index contributed by atoms with van der Waals surface area (Å²) in [6.07, 6.45) is 9.67. The van der Waals surface area contributed by atoms with Gasteiger partial charge >= 0.3 is 0 Å². The minimum absolute atomic E-state index is 1.11. The van der Waals surface area contributed by atoms with E-state index in [2.05, 4.69) is 90.7 Å². The molecule has 2 nitrogen and oxygen atoms in total. The summed E-state index contributed by atoms with van der Waals surface area (Å²) in [5.41, 5.74) is 8.36. The number of hydrogen-bond acceptors (Lipinski definition) is 1. The Morgan fingerprint density at radius 1 is 0.889 bits per heavy atom. The van der Waals surface area contributed by atoms with Gasteiger partial charge in [-0.15, -0.1) is 0 Å². The van der Waals surface area contributed by atoms with Crippen LogP contribution in [0, 0.1) is 13.8 Å². The van der Waals surface area contributed by atoms with Crippen LogP contribution in [0.15, 0.2) is 85.7 Å². The number of aromatic nitrogens is 2. The summed E-state index contributed by atoms with van der Waals surface area (Å²) in [4.78, 5) is 4.34. The van der Waals surface area contributed by atoms with Crippen molar-refractivity contribution in [3.05, 3.63) is 103 Å². The molecule has 0 spiro atoms. The summed E-state index contributed by atoms with van der Waals surface area (Å²) < 4.78 is 2.26. The second-order valence-electron chi connectivity index (χ2n) is 6.75. The predicted octanol–water partition coefficient (Wildman–Crippen LogP) is 6.51. The third-order valence-corrected chi connectivity index (χ3v) is 4.97. The number of nitrogens with zero attached hydrogens (tertiary/aromatic N) is 2. The van der Waals surface area contributed by atoms with Gasteiger partial charge in [-0.3, -0.25) is 4.98 Å². The second-order valence-corrected chi connectivity index (χ2v) is 6.75. The molecule has 4 aromatic rings. The molecule has 4 rings (SSSR count). The van der Waals surface area contributed by atoms with Crippen molar-refractivity contribution in [1.29, 1.82) is 0 Å². The van der Waals surface area contributed by atoms with Crippen LogP contribution in [0.4, 0.5) is 0 Å². The summed E-state index contributed by atoms with van der Waals surface area (Å²) in [5.74, 6) is 0. The van der Waals surface area contributed by atoms with Gasteiger partial charge in [-0.25, -0.2) is 0 Å². The molecule has 0 saturated carbocycles. The third-order valence-electron chi connectivity index (χ3n) is 4.97. The van der Waals surface area contributed by atoms with Crippen molar-refractivity contribution < 1.29 is 0 Å². The summed E-state index contributed by atoms with van der Waals surface area (Å²) in [6, 6.07) is 19.4. The number of rotatable bonds is 4. The Bertz CT molecular complexity index is 1130. The highest BCUT2D eigenvalue weighted by Crippen LogP contribution is 2.30. The highest BCUT2D eigenvalue weighted by atomic mass is 15.0. The fraction of sp³-hybridized carbons (Fsp3) is 0.0800. The molecule has 0 aliphatic carbocycles. The Kier molecular flexibility index (Phi) is 4.47. The molecule has 0 radical (unpaired) electrons. The molecule has 0 aliphatic rings. The van der Waals surface area contributed by atoms with Crippen molar-refractivity contribution in [2.75, 3.05) is 0 Å². The van der Waals surface area contributed by atoms with Crippen LogP contribution in [-0.2, 0) is 0 Å². The highest BCUT2D eigenvalue weighted by Gasteiger charge is 2.13. The van der Waals surface area contributed by atoms with Crippen molar-refractivity contribution in [1.82, 2.24) is 9.55 Å². The SMILES string of the molecule is C=C/C=C\c1c(C)c2ccncc2n1-c1ccc(-c2ccc(C)cc2)cc1. The van der Waals surface area contributed by atoms with Gasteiger partial charge in [-0.2, -0.15) is 0 Å². The van der Waals surface area contributed by atoms with Gasteiger partial charge in [0.1, 0.15) is 0 Å². The van der Waals surface area contributed by atoms with E-state index in [4.69, 9.17) is 0 Å². The van der Waals surface area contributed by atoms with Gasteiger partial charge in [0.05, 0.1) is 11.7 Å². The monoisotopic (exact) mass is 350 g/mol. The molecule has 2 heteroatoms. The number of allylic oxidation sites excluding steroid dienone is 2. The largest absolute Gasteiger partial charge is 0.308 e. The van der Waals surface area contributed by atoms with Crippen LogP contribution in [0.25, 0.3) is 33.8 Å². The van der Waals surface area contributed by atoms with E-state index in [9.17, 15) is 0 Å². The Morgan fingerprint density at radius 3 is 2.22 bits per heavy atom. The van der Waals surface area contributed by atoms with Crippen LogP contribution in [-0.4, -0.2) is 9.55 Å². The Hall–Kier alpha value is -3.39. The lowest BCUT2D eigenvalue weighted by atomic mass is 10.0. The maximum absolute atomic E-state index is 4.34. The number of benzene rings is 2. The summed E-state index contributed by atoms with van der Waals surface area (Å²) >= 11 is 0. The Morgan fingerprint density at radius 2 is 1.56 bits per heavy atom. The van der Waals surface area contributed by atoms with Crippen LogP contribution < -0.4 is 0 Å². The first-order valence-electron chi connectivity index (χ1n) is 9.10. The molecule has 0 fully saturated rings. The molecule has 0 atom stereocenters. The second kappa shape index (κ2) is 7.08. The van der Waals surface area contributed by atoms with E-state index in [-0.39, 0.29) is 0 Å². The maximum atomic E-state index is 4.34. The summed E-state index contributed by atoms with van der Waals surface area (Å²) in [7, 11) is 0. The van der Waals surface area contributed by atoms with Gasteiger partial charge in [-0.1, -0.05) is 60.7 Å². The third kappa shape index (κ3) is 3.11. The average molecular weight is 350 g/mol. The molecule has 2 aromatic heterocycles. The molecule has 0 N–H and O–H groups in total. The highest BCUT2D eigenvalue weighted by molar-refractivity contribution is 5.89. The standard InChI is InChI=1S/C25H22N2/c1-4-5-6-24-19(3)23-15-16-26-17-25(23)27(24)22-13-11-21(12-14-22)20-9-7-18(2)8-10-20/h4-17H,1H2,2-3H3/b6-5-. The van der Waals surface area contributed by atoms with E-state index < -0.39 is 0 Å².